The van der Waals surface area contributed by atoms with E-state index in [4.69, 9.17) is 4.74 Å². The molecule has 1 aliphatic rings. The van der Waals surface area contributed by atoms with Crippen LogP contribution in [-0.2, 0) is 0 Å². The standard InChI is InChI=1S/C17H26N2O2.2ClH/c1-3-5-6-15(19-11-9-18-10-12-19)14-7-8-16(20)17(13-14)21-4-2;;/h3,7-8,13,15,18,20H,1,4-6,9-12H2,2H3;2*1H/t15-;;/m1../s1. The Hall–Kier alpha value is -0.940. The molecule has 0 aliphatic carbocycles. The molecule has 1 heterocycles. The van der Waals surface area contributed by atoms with Gasteiger partial charge in [-0.2, -0.15) is 0 Å². The van der Waals surface area contributed by atoms with E-state index >= 15 is 0 Å². The summed E-state index contributed by atoms with van der Waals surface area (Å²) in [6.45, 7) is 10.5. The number of nitrogens with zero attached hydrogens (tertiary/aromatic N) is 1. The molecule has 2 rings (SSSR count). The van der Waals surface area contributed by atoms with Crippen molar-refractivity contribution in [3.8, 4) is 11.5 Å². The number of phenolic OH excluding ortho intramolecular Hbond substituents is 1. The minimum absolute atomic E-state index is 0. The summed E-state index contributed by atoms with van der Waals surface area (Å²) in [5, 5.41) is 13.3. The van der Waals surface area contributed by atoms with Crippen LogP contribution in [0.25, 0.3) is 0 Å². The number of hydrogen-bond acceptors (Lipinski definition) is 4. The molecule has 0 spiro atoms. The van der Waals surface area contributed by atoms with Crippen molar-refractivity contribution in [3.63, 3.8) is 0 Å². The Balaban J connectivity index is 0.00000242. The highest BCUT2D eigenvalue weighted by Gasteiger charge is 2.22. The Morgan fingerprint density at radius 3 is 2.65 bits per heavy atom. The molecule has 1 fully saturated rings. The highest BCUT2D eigenvalue weighted by molar-refractivity contribution is 5.85. The molecule has 1 atom stereocenters. The number of halogens is 2. The topological polar surface area (TPSA) is 44.7 Å². The number of benzene rings is 1. The zero-order chi connectivity index (χ0) is 15.1. The van der Waals surface area contributed by atoms with Crippen LogP contribution in [0, 0.1) is 0 Å². The fourth-order valence-corrected chi connectivity index (χ4v) is 2.84. The van der Waals surface area contributed by atoms with Gasteiger partial charge in [0.25, 0.3) is 0 Å². The monoisotopic (exact) mass is 362 g/mol. The Bertz CT molecular complexity index is 466. The van der Waals surface area contributed by atoms with E-state index in [0.717, 1.165) is 39.0 Å². The van der Waals surface area contributed by atoms with Gasteiger partial charge in [0.2, 0.25) is 0 Å². The van der Waals surface area contributed by atoms with Crippen molar-refractivity contribution in [1.82, 2.24) is 10.2 Å². The third-order valence-corrected chi connectivity index (χ3v) is 3.91. The van der Waals surface area contributed by atoms with Crippen LogP contribution >= 0.6 is 24.8 Å². The summed E-state index contributed by atoms with van der Waals surface area (Å²) in [5.74, 6) is 0.789. The van der Waals surface area contributed by atoms with Crippen LogP contribution in [0.3, 0.4) is 0 Å². The molecule has 1 aromatic carbocycles. The van der Waals surface area contributed by atoms with Crippen LogP contribution in [0.4, 0.5) is 0 Å². The summed E-state index contributed by atoms with van der Waals surface area (Å²) in [5.41, 5.74) is 1.21. The van der Waals surface area contributed by atoms with Crippen LogP contribution in [-0.4, -0.2) is 42.8 Å². The van der Waals surface area contributed by atoms with E-state index in [-0.39, 0.29) is 30.6 Å². The maximum Gasteiger partial charge on any atom is 0.161 e. The second-order valence-electron chi connectivity index (χ2n) is 5.33. The summed E-state index contributed by atoms with van der Waals surface area (Å²) in [4.78, 5) is 2.50. The van der Waals surface area contributed by atoms with Crippen molar-refractivity contribution in [1.29, 1.82) is 0 Å². The van der Waals surface area contributed by atoms with Crippen molar-refractivity contribution in [2.24, 2.45) is 0 Å². The molecule has 0 radical (unpaired) electrons. The van der Waals surface area contributed by atoms with E-state index in [2.05, 4.69) is 16.8 Å². The van der Waals surface area contributed by atoms with Crippen molar-refractivity contribution in [2.45, 2.75) is 25.8 Å². The van der Waals surface area contributed by atoms with E-state index in [0.29, 0.717) is 18.4 Å². The molecule has 0 amide bonds. The first-order valence-corrected chi connectivity index (χ1v) is 7.77. The number of hydrogen-bond donors (Lipinski definition) is 2. The molecule has 0 saturated carbocycles. The van der Waals surface area contributed by atoms with E-state index in [1.54, 1.807) is 6.07 Å². The summed E-state index contributed by atoms with van der Waals surface area (Å²) in [6.07, 6.45) is 4.00. The molecule has 0 bridgehead atoms. The van der Waals surface area contributed by atoms with Crippen molar-refractivity contribution >= 4 is 24.8 Å². The molecule has 1 aliphatic heterocycles. The number of nitrogens with one attached hydrogen (secondary N) is 1. The lowest BCUT2D eigenvalue weighted by atomic mass is 9.99. The summed E-state index contributed by atoms with van der Waals surface area (Å²) in [7, 11) is 0. The lowest BCUT2D eigenvalue weighted by Crippen LogP contribution is -2.45. The van der Waals surface area contributed by atoms with Crippen LogP contribution in [0.5, 0.6) is 11.5 Å². The van der Waals surface area contributed by atoms with Crippen LogP contribution < -0.4 is 10.1 Å². The zero-order valence-electron chi connectivity index (χ0n) is 13.7. The van der Waals surface area contributed by atoms with Gasteiger partial charge in [0.1, 0.15) is 0 Å². The van der Waals surface area contributed by atoms with Gasteiger partial charge in [0.05, 0.1) is 6.61 Å². The third-order valence-electron chi connectivity index (χ3n) is 3.91. The minimum Gasteiger partial charge on any atom is -0.504 e. The van der Waals surface area contributed by atoms with Crippen LogP contribution in [0.15, 0.2) is 30.9 Å². The van der Waals surface area contributed by atoms with Gasteiger partial charge >= 0.3 is 0 Å². The molecular formula is C17H28Cl2N2O2. The second-order valence-corrected chi connectivity index (χ2v) is 5.33. The second kappa shape index (κ2) is 11.6. The predicted molar refractivity (Wildman–Crippen MR) is 100 cm³/mol. The first-order chi connectivity index (χ1) is 10.3. The largest absolute Gasteiger partial charge is 0.504 e. The van der Waals surface area contributed by atoms with Gasteiger partial charge in [-0.25, -0.2) is 0 Å². The number of allylic oxidation sites excluding steroid dienone is 1. The fourth-order valence-electron chi connectivity index (χ4n) is 2.84. The summed E-state index contributed by atoms with van der Waals surface area (Å²) in [6, 6.07) is 6.08. The van der Waals surface area contributed by atoms with Gasteiger partial charge in [-0.15, -0.1) is 31.4 Å². The van der Waals surface area contributed by atoms with Gasteiger partial charge in [-0.1, -0.05) is 12.1 Å². The van der Waals surface area contributed by atoms with Gasteiger partial charge in [0, 0.05) is 32.2 Å². The van der Waals surface area contributed by atoms with E-state index in [9.17, 15) is 5.11 Å². The Morgan fingerprint density at radius 2 is 2.04 bits per heavy atom. The lowest BCUT2D eigenvalue weighted by Gasteiger charge is -2.35. The highest BCUT2D eigenvalue weighted by Crippen LogP contribution is 2.33. The maximum absolute atomic E-state index is 9.87. The van der Waals surface area contributed by atoms with Gasteiger partial charge in [0.15, 0.2) is 11.5 Å². The number of ether oxygens (including phenoxy) is 1. The predicted octanol–water partition coefficient (Wildman–Crippen LogP) is 3.55. The molecule has 6 heteroatoms. The van der Waals surface area contributed by atoms with Gasteiger partial charge in [-0.3, -0.25) is 4.90 Å². The summed E-state index contributed by atoms with van der Waals surface area (Å²) < 4.78 is 5.52. The van der Waals surface area contributed by atoms with E-state index in [1.807, 2.05) is 25.1 Å². The normalized spacial score (nSPS) is 15.9. The molecule has 1 saturated heterocycles. The third kappa shape index (κ3) is 6.22. The van der Waals surface area contributed by atoms with Crippen molar-refractivity contribution in [3.05, 3.63) is 36.4 Å². The quantitative estimate of drug-likeness (QED) is 0.728. The van der Waals surface area contributed by atoms with Gasteiger partial charge < -0.3 is 15.2 Å². The van der Waals surface area contributed by atoms with E-state index in [1.165, 1.54) is 5.56 Å². The Kier molecular flexibility index (Phi) is 11.1. The molecule has 0 unspecified atom stereocenters. The number of aromatic hydroxyl groups is 1. The molecule has 4 nitrogen and oxygen atoms in total. The molecular weight excluding hydrogens is 335 g/mol. The van der Waals surface area contributed by atoms with Crippen molar-refractivity contribution < 1.29 is 9.84 Å². The Morgan fingerprint density at radius 1 is 1.35 bits per heavy atom. The lowest BCUT2D eigenvalue weighted by molar-refractivity contribution is 0.165. The average molecular weight is 363 g/mol. The fraction of sp³-hybridized carbons (Fsp3) is 0.529. The van der Waals surface area contributed by atoms with Crippen molar-refractivity contribution in [2.75, 3.05) is 32.8 Å². The zero-order valence-corrected chi connectivity index (χ0v) is 15.3. The maximum atomic E-state index is 9.87. The summed E-state index contributed by atoms with van der Waals surface area (Å²) >= 11 is 0. The SMILES string of the molecule is C=CCC[C@H](c1ccc(O)c(OCC)c1)N1CCNCC1.Cl.Cl. The molecule has 1 aromatic rings. The van der Waals surface area contributed by atoms with E-state index < -0.39 is 0 Å². The number of rotatable bonds is 7. The van der Waals surface area contributed by atoms with Crippen LogP contribution in [0.2, 0.25) is 0 Å². The smallest absolute Gasteiger partial charge is 0.161 e. The Labute approximate surface area is 151 Å². The number of phenols is 1. The molecule has 132 valence electrons. The average Bonchev–Trinajstić information content (AvgIpc) is 2.52. The van der Waals surface area contributed by atoms with Gasteiger partial charge in [-0.05, 0) is 37.5 Å². The highest BCUT2D eigenvalue weighted by atomic mass is 35.5. The van der Waals surface area contributed by atoms with Crippen LogP contribution in [0.1, 0.15) is 31.4 Å². The first kappa shape index (κ1) is 22.1. The minimum atomic E-state index is 0. The molecule has 0 aromatic heterocycles. The first-order valence-electron chi connectivity index (χ1n) is 7.77. The molecule has 2 N–H and O–H groups in total. The molecule has 23 heavy (non-hydrogen) atoms. The number of piperazine rings is 1.